The molecule has 0 saturated carbocycles. The summed E-state index contributed by atoms with van der Waals surface area (Å²) >= 11 is 1.90. The molecule has 4 heterocycles. The Morgan fingerprint density at radius 1 is 0.253 bits per heavy atom. The molecule has 15 rings (SSSR count). The summed E-state index contributed by atoms with van der Waals surface area (Å²) in [5.74, 6) is 1.85. The van der Waals surface area contributed by atoms with Crippen molar-refractivity contribution < 1.29 is 0 Å². The van der Waals surface area contributed by atoms with Crippen LogP contribution in [0, 0.1) is 0 Å². The fourth-order valence-electron chi connectivity index (χ4n) is 11.3. The van der Waals surface area contributed by atoms with Gasteiger partial charge < -0.3 is 9.13 Å². The third kappa shape index (κ3) is 7.10. The van der Waals surface area contributed by atoms with Gasteiger partial charge in [0.15, 0.2) is 17.5 Å². The molecule has 0 aliphatic rings. The first kappa shape index (κ1) is 42.9. The van der Waals surface area contributed by atoms with Gasteiger partial charge in [0.25, 0.3) is 0 Å². The Bertz CT molecular complexity index is 4670. The van der Waals surface area contributed by atoms with Crippen LogP contribution in [-0.4, -0.2) is 24.1 Å². The maximum atomic E-state index is 5.27. The van der Waals surface area contributed by atoms with Crippen molar-refractivity contribution in [3.05, 3.63) is 261 Å². The zero-order valence-corrected chi connectivity index (χ0v) is 41.3. The third-order valence-electron chi connectivity index (χ3n) is 14.8. The van der Waals surface area contributed by atoms with E-state index in [4.69, 9.17) is 15.0 Å². The van der Waals surface area contributed by atoms with Crippen LogP contribution >= 0.6 is 11.3 Å². The summed E-state index contributed by atoms with van der Waals surface area (Å²) in [6.45, 7) is 0. The standard InChI is InChI=1S/C69H43N5S/c1-4-17-44(18-5-1)46-31-33-48(34-32-46)67-70-68(72-69(71-67)60-28-11-10-25-53(60)47-21-8-3-9-22-47)49-35-37-51(38-36-49)73-61-29-14-12-26-54(61)56-39-41-58-59-42-40-57-55-27-13-15-30-62(55)74(64(57)66(59)75-65(58)63(56)73)52-24-16-23-50(43-52)45-19-6-2-7-20-45/h1-43H. The summed E-state index contributed by atoms with van der Waals surface area (Å²) in [7, 11) is 0. The van der Waals surface area contributed by atoms with Crippen molar-refractivity contribution in [2.75, 3.05) is 0 Å². The number of rotatable bonds is 8. The molecule has 0 bridgehead atoms. The third-order valence-corrected chi connectivity index (χ3v) is 16.0. The van der Waals surface area contributed by atoms with E-state index >= 15 is 0 Å². The van der Waals surface area contributed by atoms with E-state index in [2.05, 4.69) is 258 Å². The van der Waals surface area contributed by atoms with E-state index in [1.807, 2.05) is 23.5 Å². The lowest BCUT2D eigenvalue weighted by Gasteiger charge is -2.13. The van der Waals surface area contributed by atoms with Crippen LogP contribution in [0.3, 0.4) is 0 Å². The van der Waals surface area contributed by atoms with Crippen LogP contribution in [0.4, 0.5) is 0 Å². The Hall–Kier alpha value is -9.75. The van der Waals surface area contributed by atoms with Crippen molar-refractivity contribution >= 4 is 75.1 Å². The second kappa shape index (κ2) is 17.5. The molecular formula is C69H43N5S. The molecule has 4 aromatic heterocycles. The van der Waals surface area contributed by atoms with E-state index in [1.54, 1.807) is 0 Å². The monoisotopic (exact) mass is 973 g/mol. The molecule has 11 aromatic carbocycles. The van der Waals surface area contributed by atoms with E-state index in [-0.39, 0.29) is 0 Å². The van der Waals surface area contributed by atoms with Gasteiger partial charge in [-0.1, -0.05) is 212 Å². The second-order valence-corrected chi connectivity index (χ2v) is 20.1. The minimum absolute atomic E-state index is 0.611. The van der Waals surface area contributed by atoms with Crippen molar-refractivity contribution in [3.8, 4) is 78.9 Å². The predicted molar refractivity (Wildman–Crippen MR) is 314 cm³/mol. The molecule has 0 unspecified atom stereocenters. The normalized spacial score (nSPS) is 11.7. The Morgan fingerprint density at radius 3 is 1.25 bits per heavy atom. The molecule has 0 radical (unpaired) electrons. The molecule has 0 saturated heterocycles. The van der Waals surface area contributed by atoms with Crippen LogP contribution in [0.2, 0.25) is 0 Å². The molecular weight excluding hydrogens is 931 g/mol. The number of fused-ring (bicyclic) bond motifs is 11. The highest BCUT2D eigenvalue weighted by atomic mass is 32.1. The average molecular weight is 974 g/mol. The summed E-state index contributed by atoms with van der Waals surface area (Å²) in [6, 6.07) is 93.2. The van der Waals surface area contributed by atoms with Gasteiger partial charge in [0.1, 0.15) is 0 Å². The molecule has 0 N–H and O–H groups in total. The second-order valence-electron chi connectivity index (χ2n) is 19.1. The van der Waals surface area contributed by atoms with Crippen LogP contribution in [0.5, 0.6) is 0 Å². The molecule has 75 heavy (non-hydrogen) atoms. The number of benzene rings is 11. The van der Waals surface area contributed by atoms with E-state index in [1.165, 1.54) is 69.4 Å². The Morgan fingerprint density at radius 2 is 0.667 bits per heavy atom. The number of aromatic nitrogens is 5. The van der Waals surface area contributed by atoms with Gasteiger partial charge in [0, 0.05) is 60.4 Å². The van der Waals surface area contributed by atoms with Gasteiger partial charge >= 0.3 is 0 Å². The SMILES string of the molecule is c1ccc(-c2ccc(-c3nc(-c4ccc(-n5c6ccccc6c6ccc7c8ccc9c%10ccccc%10n(-c%10cccc(-c%11ccccc%11)c%10)c9c8sc7c65)cc4)nc(-c4ccccc4-c4ccccc4)n3)cc2)cc1. The summed E-state index contributed by atoms with van der Waals surface area (Å²) < 4.78 is 7.47. The maximum Gasteiger partial charge on any atom is 0.164 e. The highest BCUT2D eigenvalue weighted by Gasteiger charge is 2.23. The highest BCUT2D eigenvalue weighted by molar-refractivity contribution is 7.27. The summed E-state index contributed by atoms with van der Waals surface area (Å²) in [6.07, 6.45) is 0. The van der Waals surface area contributed by atoms with Crippen molar-refractivity contribution in [2.24, 2.45) is 0 Å². The zero-order chi connectivity index (χ0) is 49.4. The van der Waals surface area contributed by atoms with Crippen LogP contribution < -0.4 is 0 Å². The number of nitrogens with zero attached hydrogens (tertiary/aromatic N) is 5. The van der Waals surface area contributed by atoms with Gasteiger partial charge in [-0.05, 0) is 81.9 Å². The Balaban J connectivity index is 0.903. The zero-order valence-electron chi connectivity index (χ0n) is 40.5. The smallest absolute Gasteiger partial charge is 0.164 e. The number of hydrogen-bond donors (Lipinski definition) is 0. The van der Waals surface area contributed by atoms with Gasteiger partial charge in [0.05, 0.1) is 31.5 Å². The topological polar surface area (TPSA) is 48.5 Å². The van der Waals surface area contributed by atoms with Gasteiger partial charge in [-0.2, -0.15) is 0 Å². The molecule has 15 aromatic rings. The van der Waals surface area contributed by atoms with Crippen LogP contribution in [0.15, 0.2) is 261 Å². The van der Waals surface area contributed by atoms with E-state index in [0.717, 1.165) is 55.8 Å². The van der Waals surface area contributed by atoms with Crippen molar-refractivity contribution in [1.82, 2.24) is 24.1 Å². The fourth-order valence-corrected chi connectivity index (χ4v) is 12.7. The minimum atomic E-state index is 0.611. The van der Waals surface area contributed by atoms with Gasteiger partial charge in [0.2, 0.25) is 0 Å². The van der Waals surface area contributed by atoms with E-state index in [9.17, 15) is 0 Å². The Kier molecular flexibility index (Phi) is 10.00. The van der Waals surface area contributed by atoms with Crippen LogP contribution in [-0.2, 0) is 0 Å². The van der Waals surface area contributed by atoms with Crippen LogP contribution in [0.1, 0.15) is 0 Å². The largest absolute Gasteiger partial charge is 0.308 e. The number of para-hydroxylation sites is 2. The highest BCUT2D eigenvalue weighted by Crippen LogP contribution is 2.47. The fraction of sp³-hybridized carbons (Fsp3) is 0. The van der Waals surface area contributed by atoms with Crippen molar-refractivity contribution in [3.63, 3.8) is 0 Å². The maximum absolute atomic E-state index is 5.27. The number of thiophene rings is 1. The molecule has 0 aliphatic carbocycles. The lowest BCUT2D eigenvalue weighted by Crippen LogP contribution is -2.01. The van der Waals surface area contributed by atoms with Gasteiger partial charge in [-0.25, -0.2) is 15.0 Å². The first-order valence-electron chi connectivity index (χ1n) is 25.3. The molecule has 350 valence electrons. The Labute approximate surface area is 436 Å². The molecule has 0 amide bonds. The minimum Gasteiger partial charge on any atom is -0.308 e. The molecule has 0 atom stereocenters. The lowest BCUT2D eigenvalue weighted by molar-refractivity contribution is 1.07. The number of hydrogen-bond acceptors (Lipinski definition) is 4. The first-order valence-corrected chi connectivity index (χ1v) is 26.2. The average Bonchev–Trinajstić information content (AvgIpc) is 4.22. The van der Waals surface area contributed by atoms with Gasteiger partial charge in [-0.3, -0.25) is 0 Å². The summed E-state index contributed by atoms with van der Waals surface area (Å²) in [4.78, 5) is 15.7. The first-order chi connectivity index (χ1) is 37.2. The molecule has 0 fully saturated rings. The summed E-state index contributed by atoms with van der Waals surface area (Å²) in [5.41, 5.74) is 16.6. The molecule has 5 nitrogen and oxygen atoms in total. The molecule has 0 spiro atoms. The quantitative estimate of drug-likeness (QED) is 0.152. The van der Waals surface area contributed by atoms with Crippen molar-refractivity contribution in [1.29, 1.82) is 0 Å². The van der Waals surface area contributed by atoms with Gasteiger partial charge in [-0.15, -0.1) is 11.3 Å². The lowest BCUT2D eigenvalue weighted by atomic mass is 9.99. The predicted octanol–water partition coefficient (Wildman–Crippen LogP) is 18.4. The van der Waals surface area contributed by atoms with E-state index in [0.29, 0.717) is 17.5 Å². The molecule has 6 heteroatoms. The summed E-state index contributed by atoms with van der Waals surface area (Å²) in [5, 5.41) is 7.44. The molecule has 0 aliphatic heterocycles. The van der Waals surface area contributed by atoms with Crippen molar-refractivity contribution in [2.45, 2.75) is 0 Å². The van der Waals surface area contributed by atoms with Crippen LogP contribution in [0.25, 0.3) is 143 Å². The van der Waals surface area contributed by atoms with E-state index < -0.39 is 0 Å².